The fourth-order valence-corrected chi connectivity index (χ4v) is 3.65. The lowest BCUT2D eigenvalue weighted by molar-refractivity contribution is 0.879. The van der Waals surface area contributed by atoms with Crippen LogP contribution in [0.25, 0.3) is 0 Å². The number of para-hydroxylation sites is 1. The highest BCUT2D eigenvalue weighted by molar-refractivity contribution is 7.99. The molecule has 0 aliphatic carbocycles. The third kappa shape index (κ3) is 8.23. The zero-order valence-electron chi connectivity index (χ0n) is 11.1. The topological polar surface area (TPSA) is 3.24 Å². The van der Waals surface area contributed by atoms with E-state index in [2.05, 4.69) is 35.2 Å². The van der Waals surface area contributed by atoms with Crippen molar-refractivity contribution in [2.45, 2.75) is 0 Å². The van der Waals surface area contributed by atoms with E-state index >= 15 is 0 Å². The number of benzene rings is 1. The molecule has 1 nitrogen and oxygen atoms in total. The Morgan fingerprint density at radius 1 is 0.789 bits per heavy atom. The first-order valence-corrected chi connectivity index (χ1v) is 9.83. The highest BCUT2D eigenvalue weighted by atomic mass is 35.5. The molecule has 0 fully saturated rings. The number of hydrogen-bond acceptors (Lipinski definition) is 3. The molecule has 0 radical (unpaired) electrons. The summed E-state index contributed by atoms with van der Waals surface area (Å²) >= 11 is 15.2. The first kappa shape index (κ1) is 17.4. The van der Waals surface area contributed by atoms with Crippen LogP contribution in [0.3, 0.4) is 0 Å². The van der Waals surface area contributed by atoms with E-state index in [9.17, 15) is 0 Å². The molecule has 0 saturated heterocycles. The summed E-state index contributed by atoms with van der Waals surface area (Å²) < 4.78 is 0. The molecule has 0 saturated carbocycles. The Morgan fingerprint density at radius 2 is 1.32 bits per heavy atom. The standard InChI is InChI=1S/C14H21Cl2NS2/c15-6-10-18-12-8-17(9-13-19-11-7-16)14-4-2-1-3-5-14/h1-5H,6-13H2. The van der Waals surface area contributed by atoms with Crippen molar-refractivity contribution in [2.24, 2.45) is 0 Å². The Morgan fingerprint density at radius 3 is 1.79 bits per heavy atom. The quantitative estimate of drug-likeness (QED) is 0.434. The Kier molecular flexibility index (Phi) is 11.0. The van der Waals surface area contributed by atoms with E-state index in [1.807, 2.05) is 23.5 Å². The van der Waals surface area contributed by atoms with Crippen molar-refractivity contribution in [1.29, 1.82) is 0 Å². The molecule has 5 heteroatoms. The summed E-state index contributed by atoms with van der Waals surface area (Å²) in [5, 5.41) is 0. The first-order valence-electron chi connectivity index (χ1n) is 6.46. The second-order valence-corrected chi connectivity index (χ2v) is 7.13. The lowest BCUT2D eigenvalue weighted by Gasteiger charge is -2.24. The minimum atomic E-state index is 0.738. The van der Waals surface area contributed by atoms with E-state index in [0.29, 0.717) is 0 Å². The van der Waals surface area contributed by atoms with Crippen LogP contribution in [0.15, 0.2) is 30.3 Å². The molecule has 19 heavy (non-hydrogen) atoms. The Bertz CT molecular complexity index is 300. The summed E-state index contributed by atoms with van der Waals surface area (Å²) in [7, 11) is 0. The van der Waals surface area contributed by atoms with Gasteiger partial charge in [0.05, 0.1) is 0 Å². The van der Waals surface area contributed by atoms with Crippen molar-refractivity contribution in [3.63, 3.8) is 0 Å². The monoisotopic (exact) mass is 337 g/mol. The van der Waals surface area contributed by atoms with E-state index in [-0.39, 0.29) is 0 Å². The molecule has 1 aromatic carbocycles. The van der Waals surface area contributed by atoms with Gasteiger partial charge < -0.3 is 4.90 Å². The fourth-order valence-electron chi connectivity index (χ4n) is 1.67. The SMILES string of the molecule is ClCCSCCN(CCSCCCl)c1ccccc1. The highest BCUT2D eigenvalue weighted by Gasteiger charge is 2.05. The molecule has 0 spiro atoms. The summed E-state index contributed by atoms with van der Waals surface area (Å²) in [6, 6.07) is 10.6. The van der Waals surface area contributed by atoms with Crippen LogP contribution in [0.5, 0.6) is 0 Å². The normalized spacial score (nSPS) is 10.6. The van der Waals surface area contributed by atoms with Crippen LogP contribution in [0.4, 0.5) is 5.69 Å². The van der Waals surface area contributed by atoms with Gasteiger partial charge >= 0.3 is 0 Å². The highest BCUT2D eigenvalue weighted by Crippen LogP contribution is 2.15. The van der Waals surface area contributed by atoms with Gasteiger partial charge in [0.2, 0.25) is 0 Å². The second kappa shape index (κ2) is 12.1. The molecule has 0 unspecified atom stereocenters. The average Bonchev–Trinajstić information content (AvgIpc) is 2.46. The van der Waals surface area contributed by atoms with E-state index in [1.54, 1.807) is 0 Å². The number of anilines is 1. The molecule has 0 heterocycles. The molecular weight excluding hydrogens is 317 g/mol. The third-order valence-electron chi connectivity index (χ3n) is 2.58. The van der Waals surface area contributed by atoms with Gasteiger partial charge in [-0.3, -0.25) is 0 Å². The van der Waals surface area contributed by atoms with Crippen molar-refractivity contribution in [1.82, 2.24) is 0 Å². The van der Waals surface area contributed by atoms with Gasteiger partial charge in [-0.05, 0) is 12.1 Å². The molecule has 1 aromatic rings. The minimum Gasteiger partial charge on any atom is -0.370 e. The van der Waals surface area contributed by atoms with E-state index in [4.69, 9.17) is 23.2 Å². The number of nitrogens with zero attached hydrogens (tertiary/aromatic N) is 1. The van der Waals surface area contributed by atoms with Gasteiger partial charge in [0.1, 0.15) is 0 Å². The number of alkyl halides is 2. The predicted molar refractivity (Wildman–Crippen MR) is 94.7 cm³/mol. The van der Waals surface area contributed by atoms with Crippen LogP contribution in [0, 0.1) is 0 Å². The molecular formula is C14H21Cl2NS2. The van der Waals surface area contributed by atoms with Crippen LogP contribution in [-0.4, -0.2) is 47.9 Å². The maximum atomic E-state index is 5.70. The maximum absolute atomic E-state index is 5.70. The van der Waals surface area contributed by atoms with Crippen LogP contribution < -0.4 is 4.90 Å². The number of halogens is 2. The molecule has 0 aliphatic rings. The van der Waals surface area contributed by atoms with Gasteiger partial charge in [0.25, 0.3) is 0 Å². The van der Waals surface area contributed by atoms with Crippen molar-refractivity contribution in [2.75, 3.05) is 52.8 Å². The molecule has 0 N–H and O–H groups in total. The molecule has 0 aliphatic heterocycles. The first-order chi connectivity index (χ1) is 9.38. The molecule has 0 amide bonds. The molecule has 0 atom stereocenters. The van der Waals surface area contributed by atoms with Gasteiger partial charge in [-0.25, -0.2) is 0 Å². The summed E-state index contributed by atoms with van der Waals surface area (Å²) in [5.74, 6) is 5.79. The summed E-state index contributed by atoms with van der Waals surface area (Å²) in [4.78, 5) is 2.45. The molecule has 108 valence electrons. The number of hydrogen-bond donors (Lipinski definition) is 0. The van der Waals surface area contributed by atoms with Crippen LogP contribution >= 0.6 is 46.7 Å². The number of thioether (sulfide) groups is 2. The van der Waals surface area contributed by atoms with E-state index in [1.165, 1.54) is 5.69 Å². The zero-order chi connectivity index (χ0) is 13.8. The number of rotatable bonds is 11. The van der Waals surface area contributed by atoms with Gasteiger partial charge in [-0.2, -0.15) is 23.5 Å². The molecule has 0 bridgehead atoms. The average molecular weight is 338 g/mol. The third-order valence-corrected chi connectivity index (χ3v) is 5.33. The Labute approximate surface area is 135 Å². The predicted octanol–water partition coefficient (Wildman–Crippen LogP) is 4.44. The van der Waals surface area contributed by atoms with Crippen LogP contribution in [-0.2, 0) is 0 Å². The van der Waals surface area contributed by atoms with Crippen LogP contribution in [0.1, 0.15) is 0 Å². The second-order valence-electron chi connectivity index (χ2n) is 3.93. The summed E-state index contributed by atoms with van der Waals surface area (Å²) in [6.07, 6.45) is 0. The Hall–Kier alpha value is 0.300. The summed E-state index contributed by atoms with van der Waals surface area (Å²) in [5.41, 5.74) is 1.31. The summed E-state index contributed by atoms with van der Waals surface area (Å²) in [6.45, 7) is 2.15. The van der Waals surface area contributed by atoms with Gasteiger partial charge in [0.15, 0.2) is 0 Å². The van der Waals surface area contributed by atoms with Crippen molar-refractivity contribution in [3.05, 3.63) is 30.3 Å². The zero-order valence-corrected chi connectivity index (χ0v) is 14.2. The Balaban J connectivity index is 2.39. The lowest BCUT2D eigenvalue weighted by atomic mass is 10.3. The van der Waals surface area contributed by atoms with Gasteiger partial charge in [-0.1, -0.05) is 18.2 Å². The van der Waals surface area contributed by atoms with Crippen LogP contribution in [0.2, 0.25) is 0 Å². The molecule has 1 rings (SSSR count). The van der Waals surface area contributed by atoms with Crippen molar-refractivity contribution in [3.8, 4) is 0 Å². The lowest BCUT2D eigenvalue weighted by Crippen LogP contribution is -2.28. The van der Waals surface area contributed by atoms with Gasteiger partial charge in [0, 0.05) is 53.5 Å². The van der Waals surface area contributed by atoms with Crippen molar-refractivity contribution < 1.29 is 0 Å². The largest absolute Gasteiger partial charge is 0.370 e. The molecule has 0 aromatic heterocycles. The van der Waals surface area contributed by atoms with Gasteiger partial charge in [-0.15, -0.1) is 23.2 Å². The van der Waals surface area contributed by atoms with E-state index in [0.717, 1.165) is 47.9 Å². The van der Waals surface area contributed by atoms with E-state index < -0.39 is 0 Å². The smallest absolute Gasteiger partial charge is 0.0366 e. The van der Waals surface area contributed by atoms with Crippen molar-refractivity contribution >= 4 is 52.4 Å². The fraction of sp³-hybridized carbons (Fsp3) is 0.571. The minimum absolute atomic E-state index is 0.738. The maximum Gasteiger partial charge on any atom is 0.0366 e.